The summed E-state index contributed by atoms with van der Waals surface area (Å²) < 4.78 is 9.44. The van der Waals surface area contributed by atoms with Crippen LogP contribution in [-0.4, -0.2) is 79.8 Å². The summed E-state index contributed by atoms with van der Waals surface area (Å²) in [6.45, 7) is 1.45. The van der Waals surface area contributed by atoms with E-state index in [9.17, 15) is 24.0 Å². The first kappa shape index (κ1) is 41.7. The number of rotatable bonds is 19. The van der Waals surface area contributed by atoms with E-state index in [-0.39, 0.29) is 60.4 Å². The van der Waals surface area contributed by atoms with Crippen molar-refractivity contribution in [3.05, 3.63) is 91.0 Å². The lowest BCUT2D eigenvalue weighted by atomic mass is 10.1. The zero-order valence-electron chi connectivity index (χ0n) is 27.3. The van der Waals surface area contributed by atoms with Gasteiger partial charge in [0.1, 0.15) is 48.1 Å². The SMILES string of the molecule is CCOC(=O)CNC(=O)[C@H](CSSCC(=O)NC[P+](c1ccccc1)(c1ccccc1)c1ccccc1)NC(=O)CC[C@H](N)C(=O)OC.[Br-]. The van der Waals surface area contributed by atoms with Crippen molar-refractivity contribution in [2.75, 3.05) is 38.1 Å². The minimum Gasteiger partial charge on any atom is -1.00 e. The Hall–Kier alpha value is -3.42. The van der Waals surface area contributed by atoms with E-state index in [1.54, 1.807) is 6.92 Å². The third kappa shape index (κ3) is 13.1. The fraction of sp³-hybridized carbons (Fsp3) is 0.324. The van der Waals surface area contributed by atoms with E-state index < -0.39 is 43.1 Å². The van der Waals surface area contributed by atoms with Crippen molar-refractivity contribution in [2.24, 2.45) is 5.73 Å². The standard InChI is InChI=1S/C34H41N4O7PS2.BrH/c1-3-45-32(41)21-36-33(42)29(38-30(39)20-19-28(35)34(43)44-2)22-47-48-23-31(40)37-24-46(25-13-7-4-8-14-25,26-15-9-5-10-16-26)27-17-11-6-12-18-27;/h4-18,28-29H,3,19-24,35H2,1-2H3,(H2-,36,37,38,39,40,42);1H/t28-,29-;/m0./s1. The lowest BCUT2D eigenvalue weighted by Gasteiger charge is -2.27. The molecule has 0 heterocycles. The highest BCUT2D eigenvalue weighted by atomic mass is 79.9. The number of hydrogen-bond acceptors (Lipinski definition) is 10. The molecule has 3 rings (SSSR count). The zero-order chi connectivity index (χ0) is 34.8. The third-order valence-corrected chi connectivity index (χ3v) is 13.6. The number of nitrogens with one attached hydrogen (secondary N) is 3. The van der Waals surface area contributed by atoms with Crippen molar-refractivity contribution in [3.63, 3.8) is 0 Å². The van der Waals surface area contributed by atoms with Gasteiger partial charge in [0.25, 0.3) is 0 Å². The fourth-order valence-electron chi connectivity index (χ4n) is 4.74. The van der Waals surface area contributed by atoms with Gasteiger partial charge in [-0.05, 0) is 49.7 Å². The van der Waals surface area contributed by atoms with Crippen LogP contribution in [0.15, 0.2) is 91.0 Å². The van der Waals surface area contributed by atoms with Crippen LogP contribution < -0.4 is 54.6 Å². The molecule has 11 nitrogen and oxygen atoms in total. The van der Waals surface area contributed by atoms with Crippen LogP contribution in [0.5, 0.6) is 0 Å². The maximum absolute atomic E-state index is 13.2. The van der Waals surface area contributed by atoms with Gasteiger partial charge in [-0.15, -0.1) is 0 Å². The lowest BCUT2D eigenvalue weighted by molar-refractivity contribution is -0.143. The number of esters is 2. The van der Waals surface area contributed by atoms with Gasteiger partial charge >= 0.3 is 11.9 Å². The molecule has 0 spiro atoms. The molecule has 3 aromatic rings. The number of carbonyl (C=O) groups is 5. The van der Waals surface area contributed by atoms with E-state index in [1.165, 1.54) is 28.7 Å². The van der Waals surface area contributed by atoms with E-state index in [0.29, 0.717) is 6.29 Å². The Morgan fingerprint density at radius 3 is 1.82 bits per heavy atom. The van der Waals surface area contributed by atoms with Gasteiger partial charge in [-0.3, -0.25) is 24.0 Å². The average Bonchev–Trinajstić information content (AvgIpc) is 3.12. The second-order valence-corrected chi connectivity index (χ2v) is 16.4. The van der Waals surface area contributed by atoms with Crippen molar-refractivity contribution in [1.29, 1.82) is 0 Å². The quantitative estimate of drug-likeness (QED) is 0.0506. The molecule has 2 atom stereocenters. The Labute approximate surface area is 306 Å². The molecule has 3 aromatic carbocycles. The largest absolute Gasteiger partial charge is 1.00 e. The molecule has 5 N–H and O–H groups in total. The second kappa shape index (κ2) is 22.3. The molecule has 3 amide bonds. The molecule has 0 radical (unpaired) electrons. The van der Waals surface area contributed by atoms with Crippen LogP contribution in [0, 0.1) is 0 Å². The molecular weight excluding hydrogens is 751 g/mol. The molecule has 0 fully saturated rings. The van der Waals surface area contributed by atoms with Gasteiger partial charge in [0.05, 0.1) is 19.5 Å². The molecule has 0 aromatic heterocycles. The number of hydrogen-bond donors (Lipinski definition) is 4. The summed E-state index contributed by atoms with van der Waals surface area (Å²) in [6, 6.07) is 28.6. The minimum absolute atomic E-state index is 0. The van der Waals surface area contributed by atoms with Gasteiger partial charge in [0.2, 0.25) is 17.7 Å². The Bertz CT molecular complexity index is 1400. The molecule has 15 heteroatoms. The second-order valence-electron chi connectivity index (χ2n) is 10.4. The lowest BCUT2D eigenvalue weighted by Crippen LogP contribution is -3.00. The minimum atomic E-state index is -2.26. The van der Waals surface area contributed by atoms with Crippen molar-refractivity contribution in [2.45, 2.75) is 31.8 Å². The number of methoxy groups -OCH3 is 1. The first-order valence-corrected chi connectivity index (χ1v) is 19.8. The molecule has 0 bridgehead atoms. The van der Waals surface area contributed by atoms with Gasteiger partial charge in [-0.1, -0.05) is 76.2 Å². The first-order valence-electron chi connectivity index (χ1n) is 15.3. The first-order chi connectivity index (χ1) is 23.2. The molecule has 0 aliphatic rings. The van der Waals surface area contributed by atoms with Crippen LogP contribution in [0.1, 0.15) is 19.8 Å². The van der Waals surface area contributed by atoms with Crippen LogP contribution in [0.3, 0.4) is 0 Å². The number of amides is 3. The fourth-order valence-corrected chi connectivity index (χ4v) is 10.7. The van der Waals surface area contributed by atoms with Crippen molar-refractivity contribution >= 4 is 74.4 Å². The Morgan fingerprint density at radius 2 is 1.33 bits per heavy atom. The summed E-state index contributed by atoms with van der Waals surface area (Å²) >= 11 is 0. The monoisotopic (exact) mass is 792 g/mol. The van der Waals surface area contributed by atoms with E-state index in [1.807, 2.05) is 54.6 Å². The Morgan fingerprint density at radius 1 is 0.796 bits per heavy atom. The highest BCUT2D eigenvalue weighted by Gasteiger charge is 2.45. The predicted molar refractivity (Wildman–Crippen MR) is 194 cm³/mol. The number of halogens is 1. The van der Waals surface area contributed by atoms with Gasteiger partial charge in [0, 0.05) is 12.2 Å². The summed E-state index contributed by atoms with van der Waals surface area (Å²) in [5.41, 5.74) is 5.72. The van der Waals surface area contributed by atoms with E-state index in [2.05, 4.69) is 57.1 Å². The molecule has 0 aliphatic carbocycles. The topological polar surface area (TPSA) is 166 Å². The van der Waals surface area contributed by atoms with Crippen LogP contribution >= 0.6 is 28.9 Å². The van der Waals surface area contributed by atoms with Gasteiger partial charge < -0.3 is 48.1 Å². The predicted octanol–water partition coefficient (Wildman–Crippen LogP) is -1.12. The van der Waals surface area contributed by atoms with Crippen molar-refractivity contribution in [3.8, 4) is 0 Å². The van der Waals surface area contributed by atoms with Crippen LogP contribution in [-0.2, 0) is 33.4 Å². The summed E-state index contributed by atoms with van der Waals surface area (Å²) in [5, 5.41) is 11.7. The van der Waals surface area contributed by atoms with E-state index in [4.69, 9.17) is 10.5 Å². The van der Waals surface area contributed by atoms with Gasteiger partial charge in [-0.25, -0.2) is 0 Å². The summed E-state index contributed by atoms with van der Waals surface area (Å²) in [5.74, 6) is -2.32. The number of ether oxygens (including phenoxy) is 2. The third-order valence-electron chi connectivity index (χ3n) is 7.16. The molecule has 0 saturated heterocycles. The van der Waals surface area contributed by atoms with Gasteiger partial charge in [-0.2, -0.15) is 0 Å². The molecular formula is C34H42BrN4O7PS2. The van der Waals surface area contributed by atoms with Gasteiger partial charge in [0.15, 0.2) is 0 Å². The number of benzene rings is 3. The Balaban J connectivity index is 0.00000833. The molecule has 0 aliphatic heterocycles. The average molecular weight is 794 g/mol. The summed E-state index contributed by atoms with van der Waals surface area (Å²) in [7, 11) is 1.42. The molecule has 49 heavy (non-hydrogen) atoms. The van der Waals surface area contributed by atoms with Crippen molar-refractivity contribution in [1.82, 2.24) is 16.0 Å². The van der Waals surface area contributed by atoms with E-state index in [0.717, 1.165) is 15.9 Å². The Kier molecular flexibility index (Phi) is 19.0. The highest BCUT2D eigenvalue weighted by molar-refractivity contribution is 8.76. The van der Waals surface area contributed by atoms with Crippen molar-refractivity contribution < 1.29 is 50.4 Å². The van der Waals surface area contributed by atoms with Crippen LogP contribution in [0.25, 0.3) is 0 Å². The normalized spacial score (nSPS) is 12.0. The highest BCUT2D eigenvalue weighted by Crippen LogP contribution is 2.54. The number of nitrogens with two attached hydrogens (primary N) is 1. The van der Waals surface area contributed by atoms with E-state index >= 15 is 0 Å². The molecule has 264 valence electrons. The maximum Gasteiger partial charge on any atom is 0.325 e. The number of carbonyl (C=O) groups excluding carboxylic acids is 5. The molecule has 0 saturated carbocycles. The zero-order valence-corrected chi connectivity index (χ0v) is 31.5. The van der Waals surface area contributed by atoms with Crippen LogP contribution in [0.2, 0.25) is 0 Å². The smallest absolute Gasteiger partial charge is 0.325 e. The maximum atomic E-state index is 13.2. The van der Waals surface area contributed by atoms with Crippen LogP contribution in [0.4, 0.5) is 0 Å². The summed E-state index contributed by atoms with van der Waals surface area (Å²) in [6.07, 6.45) is 0.321. The summed E-state index contributed by atoms with van der Waals surface area (Å²) in [4.78, 5) is 62.1. The molecule has 0 unspecified atom stereocenters.